The first-order valence-corrected chi connectivity index (χ1v) is 12.3. The zero-order valence-electron chi connectivity index (χ0n) is 20.0. The van der Waals surface area contributed by atoms with E-state index in [1.165, 1.54) is 22.3 Å². The summed E-state index contributed by atoms with van der Waals surface area (Å²) < 4.78 is 20.5. The molecule has 0 amide bonds. The molecule has 0 saturated carbocycles. The van der Waals surface area contributed by atoms with Crippen molar-refractivity contribution in [3.63, 3.8) is 0 Å². The van der Waals surface area contributed by atoms with Crippen molar-refractivity contribution in [1.82, 2.24) is 5.32 Å². The van der Waals surface area contributed by atoms with E-state index in [2.05, 4.69) is 61.6 Å². The van der Waals surface area contributed by atoms with Crippen LogP contribution in [0.2, 0.25) is 0 Å². The van der Waals surface area contributed by atoms with E-state index in [-0.39, 0.29) is 11.9 Å². The molecule has 0 bridgehead atoms. The highest BCUT2D eigenvalue weighted by Crippen LogP contribution is 2.42. The van der Waals surface area contributed by atoms with Crippen molar-refractivity contribution >= 4 is 10.8 Å². The van der Waals surface area contributed by atoms with Gasteiger partial charge in [0.2, 0.25) is 0 Å². The summed E-state index contributed by atoms with van der Waals surface area (Å²) in [7, 11) is 0. The molecule has 0 saturated heterocycles. The quantitative estimate of drug-likeness (QED) is 0.293. The fourth-order valence-electron chi connectivity index (χ4n) is 5.34. The van der Waals surface area contributed by atoms with E-state index in [1.54, 1.807) is 6.07 Å². The minimum atomic E-state index is -0.160. The minimum Gasteiger partial charge on any atom is -0.490 e. The molecule has 0 radical (unpaired) electrons. The lowest BCUT2D eigenvalue weighted by Gasteiger charge is -2.33. The second-order valence-electron chi connectivity index (χ2n) is 9.50. The van der Waals surface area contributed by atoms with Crippen LogP contribution < -0.4 is 10.1 Å². The maximum Gasteiger partial charge on any atom is 0.131 e. The number of nitrogens with one attached hydrogen (secondary N) is 1. The van der Waals surface area contributed by atoms with Crippen LogP contribution in [0.4, 0.5) is 4.39 Å². The molecule has 0 fully saturated rings. The second kappa shape index (κ2) is 9.99. The van der Waals surface area contributed by atoms with Gasteiger partial charge in [-0.15, -0.1) is 0 Å². The summed E-state index contributed by atoms with van der Waals surface area (Å²) in [6.45, 7) is 6.01. The van der Waals surface area contributed by atoms with Crippen molar-refractivity contribution in [2.45, 2.75) is 51.7 Å². The van der Waals surface area contributed by atoms with Gasteiger partial charge in [0, 0.05) is 23.4 Å². The van der Waals surface area contributed by atoms with Crippen LogP contribution in [0.3, 0.4) is 0 Å². The van der Waals surface area contributed by atoms with Gasteiger partial charge in [-0.3, -0.25) is 0 Å². The fourth-order valence-corrected chi connectivity index (χ4v) is 5.34. The fraction of sp³-hybridized carbons (Fsp3) is 0.290. The summed E-state index contributed by atoms with van der Waals surface area (Å²) in [6.07, 6.45) is 3.25. The van der Waals surface area contributed by atoms with E-state index >= 15 is 0 Å². The zero-order chi connectivity index (χ0) is 23.5. The van der Waals surface area contributed by atoms with Crippen LogP contribution in [0.1, 0.15) is 53.0 Å². The molecule has 34 heavy (non-hydrogen) atoms. The van der Waals surface area contributed by atoms with Crippen LogP contribution in [0.15, 0.2) is 78.9 Å². The zero-order valence-corrected chi connectivity index (χ0v) is 20.0. The first-order chi connectivity index (χ1) is 16.6. The molecule has 174 valence electrons. The van der Waals surface area contributed by atoms with Crippen molar-refractivity contribution in [1.29, 1.82) is 0 Å². The minimum absolute atomic E-state index is 0.160. The highest BCUT2D eigenvalue weighted by molar-refractivity contribution is 5.86. The summed E-state index contributed by atoms with van der Waals surface area (Å²) in [5.41, 5.74) is 6.50. The summed E-state index contributed by atoms with van der Waals surface area (Å²) in [5, 5.41) is 5.23. The van der Waals surface area contributed by atoms with Gasteiger partial charge in [-0.1, -0.05) is 72.3 Å². The summed E-state index contributed by atoms with van der Waals surface area (Å²) >= 11 is 0. The van der Waals surface area contributed by atoms with Gasteiger partial charge in [0.05, 0.1) is 6.10 Å². The first kappa shape index (κ1) is 22.6. The molecular weight excluding hydrogens is 421 g/mol. The molecule has 0 aliphatic carbocycles. The Morgan fingerprint density at radius 3 is 2.53 bits per heavy atom. The average Bonchev–Trinajstić information content (AvgIpc) is 2.85. The number of aryl methyl sites for hydroxylation is 2. The molecular formula is C31H32FNO. The predicted octanol–water partition coefficient (Wildman–Crippen LogP) is 7.45. The van der Waals surface area contributed by atoms with Crippen molar-refractivity contribution < 1.29 is 9.13 Å². The number of para-hydroxylation sites is 1. The summed E-state index contributed by atoms with van der Waals surface area (Å²) in [6, 6.07) is 26.4. The first-order valence-electron chi connectivity index (χ1n) is 12.3. The Hall–Kier alpha value is -3.17. The van der Waals surface area contributed by atoms with Crippen LogP contribution in [-0.2, 0) is 6.54 Å². The largest absolute Gasteiger partial charge is 0.490 e. The van der Waals surface area contributed by atoms with Gasteiger partial charge < -0.3 is 10.1 Å². The molecule has 4 aromatic carbocycles. The Morgan fingerprint density at radius 1 is 0.882 bits per heavy atom. The van der Waals surface area contributed by atoms with Gasteiger partial charge in [0.25, 0.3) is 0 Å². The maximum atomic E-state index is 14.1. The lowest BCUT2D eigenvalue weighted by Crippen LogP contribution is -2.27. The molecule has 0 aromatic heterocycles. The predicted molar refractivity (Wildman–Crippen MR) is 138 cm³/mol. The highest BCUT2D eigenvalue weighted by Gasteiger charge is 2.29. The molecule has 1 N–H and O–H groups in total. The standard InChI is InChI=1S/C31H32FNO/c1-21-13-15-25(22(2)18-21)29-19-24(34-31-12-6-5-11-28(29)31)8-7-17-33-20-23-14-16-30(32)27-10-4-3-9-26(23)27/h3-6,9-16,18,24,29,33H,7-8,17,19-20H2,1-2H3. The molecule has 1 aliphatic heterocycles. The molecule has 2 nitrogen and oxygen atoms in total. The van der Waals surface area contributed by atoms with Gasteiger partial charge >= 0.3 is 0 Å². The third-order valence-electron chi connectivity index (χ3n) is 7.04. The number of hydrogen-bond donors (Lipinski definition) is 1. The Balaban J connectivity index is 1.22. The van der Waals surface area contributed by atoms with Crippen LogP contribution in [0.25, 0.3) is 10.8 Å². The van der Waals surface area contributed by atoms with Crippen LogP contribution in [-0.4, -0.2) is 12.6 Å². The summed E-state index contributed by atoms with van der Waals surface area (Å²) in [5.74, 6) is 1.23. The van der Waals surface area contributed by atoms with E-state index in [0.29, 0.717) is 11.3 Å². The number of ether oxygens (including phenoxy) is 1. The van der Waals surface area contributed by atoms with E-state index in [1.807, 2.05) is 30.3 Å². The van der Waals surface area contributed by atoms with E-state index in [0.717, 1.165) is 49.1 Å². The van der Waals surface area contributed by atoms with E-state index in [4.69, 9.17) is 4.74 Å². The molecule has 1 heterocycles. The van der Waals surface area contributed by atoms with Gasteiger partial charge in [-0.05, 0) is 73.9 Å². The van der Waals surface area contributed by atoms with Crippen molar-refractivity contribution in [2.75, 3.05) is 6.54 Å². The molecule has 2 unspecified atom stereocenters. The van der Waals surface area contributed by atoms with Gasteiger partial charge in [-0.25, -0.2) is 4.39 Å². The Bertz CT molecular complexity index is 1300. The Labute approximate surface area is 201 Å². The number of rotatable bonds is 7. The number of benzene rings is 4. The van der Waals surface area contributed by atoms with Gasteiger partial charge in [0.15, 0.2) is 0 Å². The molecule has 5 rings (SSSR count). The Morgan fingerprint density at radius 2 is 1.68 bits per heavy atom. The topological polar surface area (TPSA) is 21.3 Å². The molecule has 2 atom stereocenters. The smallest absolute Gasteiger partial charge is 0.131 e. The van der Waals surface area contributed by atoms with Crippen molar-refractivity contribution in [3.8, 4) is 5.75 Å². The van der Waals surface area contributed by atoms with Gasteiger partial charge in [0.1, 0.15) is 11.6 Å². The van der Waals surface area contributed by atoms with Gasteiger partial charge in [-0.2, -0.15) is 0 Å². The molecule has 0 spiro atoms. The van der Waals surface area contributed by atoms with Crippen LogP contribution in [0, 0.1) is 19.7 Å². The third-order valence-corrected chi connectivity index (χ3v) is 7.04. The Kier molecular flexibility index (Phi) is 6.64. The second-order valence-corrected chi connectivity index (χ2v) is 9.50. The molecule has 3 heteroatoms. The molecule has 4 aromatic rings. The highest BCUT2D eigenvalue weighted by atomic mass is 19.1. The third kappa shape index (κ3) is 4.71. The van der Waals surface area contributed by atoms with E-state index in [9.17, 15) is 4.39 Å². The lowest BCUT2D eigenvalue weighted by atomic mass is 9.81. The van der Waals surface area contributed by atoms with Crippen molar-refractivity contribution in [2.24, 2.45) is 0 Å². The maximum absolute atomic E-state index is 14.1. The number of hydrogen-bond acceptors (Lipinski definition) is 2. The van der Waals surface area contributed by atoms with Crippen molar-refractivity contribution in [3.05, 3.63) is 112 Å². The van der Waals surface area contributed by atoms with Crippen LogP contribution in [0.5, 0.6) is 5.75 Å². The normalized spacial score (nSPS) is 17.4. The summed E-state index contributed by atoms with van der Waals surface area (Å²) in [4.78, 5) is 0. The van der Waals surface area contributed by atoms with E-state index < -0.39 is 0 Å². The van der Waals surface area contributed by atoms with Crippen LogP contribution >= 0.6 is 0 Å². The molecule has 1 aliphatic rings. The average molecular weight is 454 g/mol. The SMILES string of the molecule is Cc1ccc(C2CC(CCCNCc3ccc(F)c4ccccc34)Oc3ccccc32)c(C)c1. The monoisotopic (exact) mass is 453 g/mol. The number of fused-ring (bicyclic) bond motifs is 2. The number of halogens is 1. The lowest BCUT2D eigenvalue weighted by molar-refractivity contribution is 0.153.